The lowest BCUT2D eigenvalue weighted by Crippen LogP contribution is -2.42. The van der Waals surface area contributed by atoms with Crippen molar-refractivity contribution in [2.75, 3.05) is 0 Å². The summed E-state index contributed by atoms with van der Waals surface area (Å²) in [6.45, 7) is 8.90. The van der Waals surface area contributed by atoms with Crippen LogP contribution in [0.2, 0.25) is 0 Å². The van der Waals surface area contributed by atoms with Crippen LogP contribution in [0, 0.1) is 0 Å². The van der Waals surface area contributed by atoms with Gasteiger partial charge in [-0.2, -0.15) is 5.10 Å². The van der Waals surface area contributed by atoms with E-state index in [0.29, 0.717) is 12.6 Å². The smallest absolute Gasteiger partial charge is 0.237 e. The predicted molar refractivity (Wildman–Crippen MR) is 74.7 cm³/mol. The number of nitrogens with zero attached hydrogens (tertiary/aromatic N) is 2. The van der Waals surface area contributed by atoms with Crippen molar-refractivity contribution in [3.8, 4) is 0 Å². The van der Waals surface area contributed by atoms with Crippen molar-refractivity contribution >= 4 is 5.91 Å². The zero-order valence-electron chi connectivity index (χ0n) is 12.2. The molecule has 1 atom stereocenters. The van der Waals surface area contributed by atoms with Crippen LogP contribution < -0.4 is 10.6 Å². The number of nitrogens with one attached hydrogen (secondary N) is 2. The molecule has 1 aliphatic rings. The normalized spacial score (nSPS) is 17.3. The highest BCUT2D eigenvalue weighted by Gasteiger charge is 2.25. The molecule has 5 heteroatoms. The number of hydrogen-bond donors (Lipinski definition) is 2. The Kier molecular flexibility index (Phi) is 3.94. The Morgan fingerprint density at radius 2 is 2.21 bits per heavy atom. The maximum Gasteiger partial charge on any atom is 0.237 e. The van der Waals surface area contributed by atoms with E-state index in [2.05, 4.69) is 36.5 Å². The van der Waals surface area contributed by atoms with Gasteiger partial charge in [0.1, 0.15) is 0 Å². The summed E-state index contributed by atoms with van der Waals surface area (Å²) in [5.41, 5.74) is 1.09. The number of aromatic nitrogens is 2. The molecule has 1 unspecified atom stereocenters. The van der Waals surface area contributed by atoms with Crippen LogP contribution in [0.5, 0.6) is 0 Å². The molecule has 0 saturated heterocycles. The number of hydrogen-bond acceptors (Lipinski definition) is 3. The van der Waals surface area contributed by atoms with Crippen LogP contribution in [-0.4, -0.2) is 27.8 Å². The summed E-state index contributed by atoms with van der Waals surface area (Å²) in [4.78, 5) is 11.8. The lowest BCUT2D eigenvalue weighted by atomic mass is 10.1. The van der Waals surface area contributed by atoms with Gasteiger partial charge in [0, 0.05) is 24.3 Å². The van der Waals surface area contributed by atoms with E-state index in [4.69, 9.17) is 0 Å². The van der Waals surface area contributed by atoms with Gasteiger partial charge in [-0.15, -0.1) is 0 Å². The first-order chi connectivity index (χ1) is 8.86. The maximum atomic E-state index is 11.8. The Balaban J connectivity index is 1.81. The third-order valence-corrected chi connectivity index (χ3v) is 3.25. The van der Waals surface area contributed by atoms with E-state index in [1.54, 1.807) is 0 Å². The van der Waals surface area contributed by atoms with Crippen molar-refractivity contribution < 1.29 is 4.79 Å². The largest absolute Gasteiger partial charge is 0.352 e. The molecule has 0 radical (unpaired) electrons. The van der Waals surface area contributed by atoms with Gasteiger partial charge in [-0.25, -0.2) is 0 Å². The Bertz CT molecular complexity index is 443. The van der Waals surface area contributed by atoms with Gasteiger partial charge in [0.15, 0.2) is 0 Å². The first kappa shape index (κ1) is 14.1. The molecule has 0 spiro atoms. The van der Waals surface area contributed by atoms with Crippen molar-refractivity contribution in [1.29, 1.82) is 0 Å². The molecule has 106 valence electrons. The SMILES string of the molecule is CC(NCc1cnn(C(C)(C)C)c1)C(=O)NC1CC1. The molecule has 0 aromatic carbocycles. The lowest BCUT2D eigenvalue weighted by molar-refractivity contribution is -0.122. The van der Waals surface area contributed by atoms with Crippen LogP contribution in [0.4, 0.5) is 0 Å². The first-order valence-electron chi connectivity index (χ1n) is 6.94. The van der Waals surface area contributed by atoms with E-state index in [1.165, 1.54) is 0 Å². The highest BCUT2D eigenvalue weighted by atomic mass is 16.2. The second-order valence-electron chi connectivity index (χ2n) is 6.35. The number of carbonyl (C=O) groups excluding carboxylic acids is 1. The molecule has 1 fully saturated rings. The van der Waals surface area contributed by atoms with Crippen molar-refractivity contribution in [3.63, 3.8) is 0 Å². The summed E-state index contributed by atoms with van der Waals surface area (Å²) >= 11 is 0. The van der Waals surface area contributed by atoms with Gasteiger partial charge >= 0.3 is 0 Å². The summed E-state index contributed by atoms with van der Waals surface area (Å²) < 4.78 is 1.94. The molecular formula is C14H24N4O. The fraction of sp³-hybridized carbons (Fsp3) is 0.714. The molecule has 1 heterocycles. The van der Waals surface area contributed by atoms with Gasteiger partial charge in [-0.1, -0.05) is 0 Å². The number of carbonyl (C=O) groups is 1. The van der Waals surface area contributed by atoms with Crippen molar-refractivity contribution in [2.45, 2.75) is 64.7 Å². The molecule has 2 rings (SSSR count). The van der Waals surface area contributed by atoms with E-state index in [-0.39, 0.29) is 17.5 Å². The Labute approximate surface area is 114 Å². The van der Waals surface area contributed by atoms with E-state index < -0.39 is 0 Å². The Hall–Kier alpha value is -1.36. The minimum atomic E-state index is -0.168. The van der Waals surface area contributed by atoms with Crippen LogP contribution in [0.25, 0.3) is 0 Å². The summed E-state index contributed by atoms with van der Waals surface area (Å²) in [5.74, 6) is 0.0886. The van der Waals surface area contributed by atoms with E-state index >= 15 is 0 Å². The second-order valence-corrected chi connectivity index (χ2v) is 6.35. The average Bonchev–Trinajstić information content (AvgIpc) is 2.99. The van der Waals surface area contributed by atoms with Crippen molar-refractivity contribution in [2.24, 2.45) is 0 Å². The first-order valence-corrected chi connectivity index (χ1v) is 6.94. The molecule has 0 aliphatic heterocycles. The van der Waals surface area contributed by atoms with Gasteiger partial charge < -0.3 is 10.6 Å². The summed E-state index contributed by atoms with van der Waals surface area (Å²) in [7, 11) is 0. The standard InChI is InChI=1S/C14H24N4O/c1-10(13(19)17-12-5-6-12)15-7-11-8-16-18(9-11)14(2,3)4/h8-10,12,15H,5-7H2,1-4H3,(H,17,19). The molecule has 1 amide bonds. The van der Waals surface area contributed by atoms with Gasteiger partial charge in [0.25, 0.3) is 0 Å². The van der Waals surface area contributed by atoms with Crippen molar-refractivity contribution in [1.82, 2.24) is 20.4 Å². The monoisotopic (exact) mass is 264 g/mol. The average molecular weight is 264 g/mol. The summed E-state index contributed by atoms with van der Waals surface area (Å²) in [6, 6.07) is 0.249. The minimum absolute atomic E-state index is 0.00673. The van der Waals surface area contributed by atoms with Gasteiger partial charge in [0.2, 0.25) is 5.91 Å². The third-order valence-electron chi connectivity index (χ3n) is 3.25. The summed E-state index contributed by atoms with van der Waals surface area (Å²) in [6.07, 6.45) is 6.12. The van der Waals surface area contributed by atoms with Crippen LogP contribution in [-0.2, 0) is 16.9 Å². The fourth-order valence-corrected chi connectivity index (χ4v) is 1.74. The van der Waals surface area contributed by atoms with Crippen LogP contribution in [0.1, 0.15) is 46.1 Å². The molecule has 5 nitrogen and oxygen atoms in total. The van der Waals surface area contributed by atoms with Gasteiger partial charge in [0.05, 0.1) is 17.8 Å². The highest BCUT2D eigenvalue weighted by molar-refractivity contribution is 5.81. The lowest BCUT2D eigenvalue weighted by Gasteiger charge is -2.18. The molecule has 1 saturated carbocycles. The van der Waals surface area contributed by atoms with Crippen LogP contribution in [0.3, 0.4) is 0 Å². The van der Waals surface area contributed by atoms with Gasteiger partial charge in [-0.3, -0.25) is 9.48 Å². The van der Waals surface area contributed by atoms with Crippen LogP contribution in [0.15, 0.2) is 12.4 Å². The topological polar surface area (TPSA) is 59.0 Å². The zero-order valence-corrected chi connectivity index (χ0v) is 12.2. The zero-order chi connectivity index (χ0) is 14.0. The predicted octanol–water partition coefficient (Wildman–Crippen LogP) is 1.39. The van der Waals surface area contributed by atoms with E-state index in [1.807, 2.05) is 24.0 Å². The Morgan fingerprint density at radius 1 is 1.53 bits per heavy atom. The maximum absolute atomic E-state index is 11.8. The molecular weight excluding hydrogens is 240 g/mol. The van der Waals surface area contributed by atoms with Gasteiger partial charge in [-0.05, 0) is 40.5 Å². The number of amides is 1. The second kappa shape index (κ2) is 5.33. The molecule has 2 N–H and O–H groups in total. The molecule has 1 aromatic heterocycles. The number of rotatable bonds is 5. The molecule has 0 bridgehead atoms. The fourth-order valence-electron chi connectivity index (χ4n) is 1.74. The minimum Gasteiger partial charge on any atom is -0.352 e. The quantitative estimate of drug-likeness (QED) is 0.845. The van der Waals surface area contributed by atoms with E-state index in [9.17, 15) is 4.79 Å². The molecule has 1 aromatic rings. The van der Waals surface area contributed by atoms with E-state index in [0.717, 1.165) is 18.4 Å². The third kappa shape index (κ3) is 4.06. The highest BCUT2D eigenvalue weighted by Crippen LogP contribution is 2.18. The molecule has 19 heavy (non-hydrogen) atoms. The van der Waals surface area contributed by atoms with Crippen molar-refractivity contribution in [3.05, 3.63) is 18.0 Å². The molecule has 1 aliphatic carbocycles. The Morgan fingerprint density at radius 3 is 2.74 bits per heavy atom. The van der Waals surface area contributed by atoms with Crippen LogP contribution >= 0.6 is 0 Å². The summed E-state index contributed by atoms with van der Waals surface area (Å²) in [5, 5.41) is 10.6.